The molecule has 1 amide bonds. The average Bonchev–Trinajstić information content (AvgIpc) is 2.64. The van der Waals surface area contributed by atoms with E-state index in [0.717, 1.165) is 43.6 Å². The first kappa shape index (κ1) is 16.4. The van der Waals surface area contributed by atoms with Gasteiger partial charge in [-0.05, 0) is 43.7 Å². The molecule has 0 atom stereocenters. The monoisotopic (exact) mass is 324 g/mol. The minimum absolute atomic E-state index is 0.000601. The third kappa shape index (κ3) is 3.55. The van der Waals surface area contributed by atoms with Gasteiger partial charge in [-0.1, -0.05) is 25.1 Å². The van der Waals surface area contributed by atoms with Crippen molar-refractivity contribution < 1.29 is 4.79 Å². The van der Waals surface area contributed by atoms with E-state index in [1.807, 2.05) is 4.90 Å². The average molecular weight is 324 g/mol. The van der Waals surface area contributed by atoms with Gasteiger partial charge in [0, 0.05) is 24.8 Å². The van der Waals surface area contributed by atoms with E-state index in [0.29, 0.717) is 11.5 Å². The number of rotatable bonds is 4. The van der Waals surface area contributed by atoms with Crippen molar-refractivity contribution in [3.8, 4) is 0 Å². The predicted molar refractivity (Wildman–Crippen MR) is 95.6 cm³/mol. The Morgan fingerprint density at radius 3 is 2.75 bits per heavy atom. The highest BCUT2D eigenvalue weighted by Gasteiger charge is 2.19. The molecule has 24 heavy (non-hydrogen) atoms. The highest BCUT2D eigenvalue weighted by Crippen LogP contribution is 2.24. The van der Waals surface area contributed by atoms with Gasteiger partial charge in [0.2, 0.25) is 0 Å². The number of para-hydroxylation sites is 1. The number of amides is 1. The van der Waals surface area contributed by atoms with E-state index in [9.17, 15) is 4.79 Å². The van der Waals surface area contributed by atoms with Crippen LogP contribution < -0.4 is 5.32 Å². The van der Waals surface area contributed by atoms with E-state index < -0.39 is 0 Å². The molecule has 0 aliphatic carbocycles. The van der Waals surface area contributed by atoms with Crippen molar-refractivity contribution in [1.29, 1.82) is 0 Å². The van der Waals surface area contributed by atoms with Crippen molar-refractivity contribution in [2.24, 2.45) is 0 Å². The molecule has 126 valence electrons. The normalized spacial score (nSPS) is 14.5. The standard InChI is InChI=1S/C19H24N4O/c1-3-15-9-7-8-14(2)18(15)22-17-12-16(20-13-21-17)19(24)23-10-5-4-6-11-23/h7-9,12-13H,3-6,10-11H2,1-2H3,(H,20,21,22). The van der Waals surface area contributed by atoms with Crippen molar-refractivity contribution in [1.82, 2.24) is 14.9 Å². The fourth-order valence-corrected chi connectivity index (χ4v) is 3.13. The van der Waals surface area contributed by atoms with Gasteiger partial charge in [-0.25, -0.2) is 9.97 Å². The van der Waals surface area contributed by atoms with Crippen LogP contribution >= 0.6 is 0 Å². The Hall–Kier alpha value is -2.43. The third-order valence-corrected chi connectivity index (χ3v) is 4.52. The van der Waals surface area contributed by atoms with Crippen molar-refractivity contribution in [2.45, 2.75) is 39.5 Å². The molecule has 5 heteroatoms. The van der Waals surface area contributed by atoms with Crippen LogP contribution in [0.2, 0.25) is 0 Å². The fourth-order valence-electron chi connectivity index (χ4n) is 3.13. The number of aryl methyl sites for hydroxylation is 2. The van der Waals surface area contributed by atoms with Gasteiger partial charge in [-0.3, -0.25) is 4.79 Å². The lowest BCUT2D eigenvalue weighted by Gasteiger charge is -2.26. The Labute approximate surface area is 143 Å². The number of nitrogens with zero attached hydrogens (tertiary/aromatic N) is 3. The van der Waals surface area contributed by atoms with Crippen LogP contribution in [0.5, 0.6) is 0 Å². The number of anilines is 2. The lowest BCUT2D eigenvalue weighted by molar-refractivity contribution is 0.0718. The number of carbonyl (C=O) groups excluding carboxylic acids is 1. The highest BCUT2D eigenvalue weighted by atomic mass is 16.2. The molecule has 1 saturated heterocycles. The topological polar surface area (TPSA) is 58.1 Å². The first-order valence-corrected chi connectivity index (χ1v) is 8.66. The largest absolute Gasteiger partial charge is 0.340 e. The van der Waals surface area contributed by atoms with Gasteiger partial charge in [-0.15, -0.1) is 0 Å². The maximum Gasteiger partial charge on any atom is 0.272 e. The number of nitrogens with one attached hydrogen (secondary N) is 1. The summed E-state index contributed by atoms with van der Waals surface area (Å²) in [5.41, 5.74) is 3.92. The SMILES string of the molecule is CCc1cccc(C)c1Nc1cc(C(=O)N2CCCCC2)ncn1. The van der Waals surface area contributed by atoms with Crippen LogP contribution in [0.1, 0.15) is 47.8 Å². The molecule has 5 nitrogen and oxygen atoms in total. The van der Waals surface area contributed by atoms with Gasteiger partial charge in [0.1, 0.15) is 17.8 Å². The van der Waals surface area contributed by atoms with Crippen molar-refractivity contribution in [3.63, 3.8) is 0 Å². The van der Waals surface area contributed by atoms with Crippen LogP contribution in [-0.2, 0) is 6.42 Å². The lowest BCUT2D eigenvalue weighted by atomic mass is 10.1. The molecular formula is C19H24N4O. The Morgan fingerprint density at radius 1 is 1.21 bits per heavy atom. The zero-order chi connectivity index (χ0) is 16.9. The van der Waals surface area contributed by atoms with Gasteiger partial charge < -0.3 is 10.2 Å². The minimum Gasteiger partial charge on any atom is -0.340 e. The van der Waals surface area contributed by atoms with Gasteiger partial charge in [0.05, 0.1) is 0 Å². The van der Waals surface area contributed by atoms with E-state index in [1.54, 1.807) is 6.07 Å². The second-order valence-electron chi connectivity index (χ2n) is 6.23. The summed E-state index contributed by atoms with van der Waals surface area (Å²) in [6, 6.07) is 7.99. The Balaban J connectivity index is 1.82. The summed E-state index contributed by atoms with van der Waals surface area (Å²) in [5.74, 6) is 0.662. The first-order chi connectivity index (χ1) is 11.7. The van der Waals surface area contributed by atoms with Gasteiger partial charge >= 0.3 is 0 Å². The maximum absolute atomic E-state index is 12.6. The number of aromatic nitrogens is 2. The molecule has 2 heterocycles. The van der Waals surface area contributed by atoms with E-state index >= 15 is 0 Å². The Bertz CT molecular complexity index is 723. The van der Waals surface area contributed by atoms with E-state index in [4.69, 9.17) is 0 Å². The summed E-state index contributed by atoms with van der Waals surface area (Å²) in [7, 11) is 0. The summed E-state index contributed by atoms with van der Waals surface area (Å²) in [5, 5.41) is 3.37. The molecule has 3 rings (SSSR count). The van der Waals surface area contributed by atoms with Gasteiger partial charge in [0.25, 0.3) is 5.91 Å². The molecule has 0 saturated carbocycles. The molecule has 2 aromatic rings. The molecule has 0 spiro atoms. The summed E-state index contributed by atoms with van der Waals surface area (Å²) in [6.45, 7) is 5.85. The summed E-state index contributed by atoms with van der Waals surface area (Å²) >= 11 is 0. The second-order valence-corrected chi connectivity index (χ2v) is 6.23. The first-order valence-electron chi connectivity index (χ1n) is 8.66. The number of hydrogen-bond acceptors (Lipinski definition) is 4. The zero-order valence-electron chi connectivity index (χ0n) is 14.4. The summed E-state index contributed by atoms with van der Waals surface area (Å²) < 4.78 is 0. The van der Waals surface area contributed by atoms with Crippen molar-refractivity contribution >= 4 is 17.4 Å². The molecule has 0 radical (unpaired) electrons. The number of piperidine rings is 1. The number of hydrogen-bond donors (Lipinski definition) is 1. The second kappa shape index (κ2) is 7.43. The zero-order valence-corrected chi connectivity index (χ0v) is 14.4. The molecule has 1 aromatic carbocycles. The Kier molecular flexibility index (Phi) is 5.08. The minimum atomic E-state index is 0.000601. The smallest absolute Gasteiger partial charge is 0.272 e. The molecule has 0 bridgehead atoms. The molecule has 1 N–H and O–H groups in total. The maximum atomic E-state index is 12.6. The van der Waals surface area contributed by atoms with E-state index in [2.05, 4.69) is 47.3 Å². The summed E-state index contributed by atoms with van der Waals surface area (Å²) in [4.78, 5) is 23.0. The van der Waals surface area contributed by atoms with Crippen LogP contribution in [0.25, 0.3) is 0 Å². The van der Waals surface area contributed by atoms with Crippen molar-refractivity contribution in [3.05, 3.63) is 47.4 Å². The quantitative estimate of drug-likeness (QED) is 0.931. The molecule has 1 fully saturated rings. The van der Waals surface area contributed by atoms with Crippen LogP contribution in [0.15, 0.2) is 30.6 Å². The van der Waals surface area contributed by atoms with Crippen molar-refractivity contribution in [2.75, 3.05) is 18.4 Å². The van der Waals surface area contributed by atoms with Gasteiger partial charge in [0.15, 0.2) is 0 Å². The van der Waals surface area contributed by atoms with Crippen LogP contribution in [-0.4, -0.2) is 33.9 Å². The highest BCUT2D eigenvalue weighted by molar-refractivity contribution is 5.93. The molecule has 1 aliphatic heterocycles. The Morgan fingerprint density at radius 2 is 2.00 bits per heavy atom. The predicted octanol–water partition coefficient (Wildman–Crippen LogP) is 3.72. The third-order valence-electron chi connectivity index (χ3n) is 4.52. The van der Waals surface area contributed by atoms with Crippen LogP contribution in [0.4, 0.5) is 11.5 Å². The molecule has 0 unspecified atom stereocenters. The lowest BCUT2D eigenvalue weighted by Crippen LogP contribution is -2.36. The fraction of sp³-hybridized carbons (Fsp3) is 0.421. The van der Waals surface area contributed by atoms with E-state index in [-0.39, 0.29) is 5.91 Å². The number of likely N-dealkylation sites (tertiary alicyclic amines) is 1. The van der Waals surface area contributed by atoms with Crippen LogP contribution in [0, 0.1) is 6.92 Å². The number of carbonyl (C=O) groups is 1. The summed E-state index contributed by atoms with van der Waals surface area (Å²) in [6.07, 6.45) is 5.75. The van der Waals surface area contributed by atoms with Gasteiger partial charge in [-0.2, -0.15) is 0 Å². The van der Waals surface area contributed by atoms with Crippen LogP contribution in [0.3, 0.4) is 0 Å². The number of benzene rings is 1. The molecule has 1 aromatic heterocycles. The van der Waals surface area contributed by atoms with E-state index in [1.165, 1.54) is 18.3 Å². The molecule has 1 aliphatic rings. The molecular weight excluding hydrogens is 300 g/mol.